The van der Waals surface area contributed by atoms with Gasteiger partial charge >= 0.3 is 0 Å². The van der Waals surface area contributed by atoms with Crippen LogP contribution in [0, 0.1) is 12.8 Å². The lowest BCUT2D eigenvalue weighted by molar-refractivity contribution is 0.350. The third-order valence-corrected chi connectivity index (χ3v) is 7.47. The Bertz CT molecular complexity index is 878. The predicted octanol–water partition coefficient (Wildman–Crippen LogP) is 3.06. The van der Waals surface area contributed by atoms with Crippen LogP contribution < -0.4 is 0 Å². The fraction of sp³-hybridized carbons (Fsp3) is 0.294. The van der Waals surface area contributed by atoms with E-state index in [9.17, 15) is 17.2 Å². The summed E-state index contributed by atoms with van der Waals surface area (Å²) in [5.41, 5.74) is 2.73. The maximum absolute atomic E-state index is 13.0. The molecule has 1 aliphatic rings. The number of hydrogen-bond donors (Lipinski definition) is 1. The van der Waals surface area contributed by atoms with Gasteiger partial charge in [-0.25, -0.2) is 12.6 Å². The summed E-state index contributed by atoms with van der Waals surface area (Å²) in [5.74, 6) is -0.0845. The second kappa shape index (κ2) is 6.40. The van der Waals surface area contributed by atoms with E-state index in [-0.39, 0.29) is 10.8 Å². The van der Waals surface area contributed by atoms with Crippen molar-refractivity contribution < 1.29 is 17.2 Å². The fourth-order valence-electron chi connectivity index (χ4n) is 3.24. The van der Waals surface area contributed by atoms with Gasteiger partial charge in [-0.3, -0.25) is 4.55 Å². The first kappa shape index (κ1) is 17.3. The van der Waals surface area contributed by atoms with Crippen molar-refractivity contribution in [2.75, 3.05) is 0 Å². The zero-order chi connectivity index (χ0) is 17.5. The van der Waals surface area contributed by atoms with Crippen molar-refractivity contribution in [2.24, 2.45) is 5.92 Å². The highest BCUT2D eigenvalue weighted by atomic mass is 32.3. The minimum atomic E-state index is -4.09. The van der Waals surface area contributed by atoms with E-state index in [1.54, 1.807) is 12.1 Å². The Morgan fingerprint density at radius 2 is 1.75 bits per heavy atom. The molecule has 0 saturated carbocycles. The molecule has 3 atom stereocenters. The fourth-order valence-corrected chi connectivity index (χ4v) is 5.99. The largest absolute Gasteiger partial charge is 0.293 e. The van der Waals surface area contributed by atoms with Crippen LogP contribution in [0.2, 0.25) is 0 Å². The van der Waals surface area contributed by atoms with E-state index < -0.39 is 27.3 Å². The maximum Gasteiger partial charge on any atom is 0.256 e. The summed E-state index contributed by atoms with van der Waals surface area (Å²) in [6.07, 6.45) is 0.679. The van der Waals surface area contributed by atoms with Gasteiger partial charge in [0.25, 0.3) is 10.0 Å². The Kier molecular flexibility index (Phi) is 4.61. The van der Waals surface area contributed by atoms with Crippen LogP contribution in [-0.2, 0) is 27.7 Å². The summed E-state index contributed by atoms with van der Waals surface area (Å²) < 4.78 is 48.5. The maximum atomic E-state index is 13.0. The molecule has 0 saturated heterocycles. The van der Waals surface area contributed by atoms with E-state index in [0.29, 0.717) is 6.42 Å². The quantitative estimate of drug-likeness (QED) is 0.845. The molecule has 0 bridgehead atoms. The molecule has 2 aromatic rings. The topological polar surface area (TPSA) is 74.7 Å². The normalized spacial score (nSPS) is 21.7. The van der Waals surface area contributed by atoms with Crippen LogP contribution in [-0.4, -0.2) is 20.9 Å². The third-order valence-electron chi connectivity index (χ3n) is 4.39. The van der Waals surface area contributed by atoms with Crippen LogP contribution in [0.1, 0.15) is 29.7 Å². The van der Waals surface area contributed by atoms with Gasteiger partial charge in [0.05, 0.1) is 10.9 Å². The number of fused-ring (bicyclic) bond motifs is 1. The van der Waals surface area contributed by atoms with Gasteiger partial charge in [0.1, 0.15) is 0 Å². The second-order valence-electron chi connectivity index (χ2n) is 6.13. The molecule has 0 radical (unpaired) electrons. The Hall–Kier alpha value is -1.54. The first-order chi connectivity index (χ1) is 11.3. The standard InChI is InChI=1S/C17H19NO4S2/c1-12-7-9-15(10-8-12)24(21,22)18(23(19)20)17-13(2)11-14-5-3-4-6-16(14)17/h3-10,13,17H,11H2,1-2H3,(H,19,20)/t13-,17-/m1/s1. The van der Waals surface area contributed by atoms with Gasteiger partial charge in [0.2, 0.25) is 11.3 Å². The van der Waals surface area contributed by atoms with Crippen LogP contribution in [0.4, 0.5) is 0 Å². The summed E-state index contributed by atoms with van der Waals surface area (Å²) in [6, 6.07) is 13.1. The van der Waals surface area contributed by atoms with Crippen LogP contribution in [0.3, 0.4) is 0 Å². The smallest absolute Gasteiger partial charge is 0.256 e. The molecule has 7 heteroatoms. The van der Waals surface area contributed by atoms with E-state index in [4.69, 9.17) is 0 Å². The SMILES string of the molecule is Cc1ccc(S(=O)(=O)N([C@H]2c3ccccc3C[C@H]2C)S(=O)O)cc1. The van der Waals surface area contributed by atoms with E-state index >= 15 is 0 Å². The molecule has 0 amide bonds. The van der Waals surface area contributed by atoms with Gasteiger partial charge < -0.3 is 0 Å². The van der Waals surface area contributed by atoms with E-state index in [0.717, 1.165) is 20.4 Å². The lowest BCUT2D eigenvalue weighted by Gasteiger charge is -2.28. The molecular weight excluding hydrogens is 346 g/mol. The van der Waals surface area contributed by atoms with Crippen LogP contribution >= 0.6 is 0 Å². The number of sulfonamides is 1. The molecule has 24 heavy (non-hydrogen) atoms. The number of nitrogens with zero attached hydrogens (tertiary/aromatic N) is 1. The van der Waals surface area contributed by atoms with Crippen molar-refractivity contribution in [3.05, 3.63) is 65.2 Å². The van der Waals surface area contributed by atoms with Crippen molar-refractivity contribution >= 4 is 21.3 Å². The lowest BCUT2D eigenvalue weighted by Crippen LogP contribution is -2.37. The van der Waals surface area contributed by atoms with Gasteiger partial charge in [0, 0.05) is 0 Å². The molecule has 3 rings (SSSR count). The van der Waals surface area contributed by atoms with E-state index in [2.05, 4.69) is 0 Å². The zero-order valence-electron chi connectivity index (χ0n) is 13.4. The zero-order valence-corrected chi connectivity index (χ0v) is 15.0. The van der Waals surface area contributed by atoms with Crippen molar-refractivity contribution in [3.8, 4) is 0 Å². The molecular formula is C17H19NO4S2. The number of aryl methyl sites for hydroxylation is 1. The summed E-state index contributed by atoms with van der Waals surface area (Å²) >= 11 is -2.65. The Morgan fingerprint density at radius 1 is 1.12 bits per heavy atom. The van der Waals surface area contributed by atoms with Gasteiger partial charge in [-0.05, 0) is 42.5 Å². The molecule has 1 aliphatic carbocycles. The van der Waals surface area contributed by atoms with Gasteiger partial charge in [-0.15, -0.1) is 0 Å². The Balaban J connectivity index is 2.11. The highest BCUT2D eigenvalue weighted by Crippen LogP contribution is 2.42. The van der Waals surface area contributed by atoms with Gasteiger partial charge in [-0.2, -0.15) is 0 Å². The monoisotopic (exact) mass is 365 g/mol. The Morgan fingerprint density at radius 3 is 2.38 bits per heavy atom. The van der Waals surface area contributed by atoms with Crippen LogP contribution in [0.15, 0.2) is 53.4 Å². The highest BCUT2D eigenvalue weighted by molar-refractivity contribution is 7.99. The predicted molar refractivity (Wildman–Crippen MR) is 93.0 cm³/mol. The molecule has 1 unspecified atom stereocenters. The van der Waals surface area contributed by atoms with E-state index in [1.165, 1.54) is 12.1 Å². The van der Waals surface area contributed by atoms with Crippen molar-refractivity contribution in [2.45, 2.75) is 31.2 Å². The van der Waals surface area contributed by atoms with Crippen LogP contribution in [0.25, 0.3) is 0 Å². The number of rotatable bonds is 4. The molecule has 0 spiro atoms. The van der Waals surface area contributed by atoms with Crippen molar-refractivity contribution in [3.63, 3.8) is 0 Å². The molecule has 0 aromatic heterocycles. The minimum absolute atomic E-state index is 0.0204. The number of benzene rings is 2. The summed E-state index contributed by atoms with van der Waals surface area (Å²) in [7, 11) is -4.09. The van der Waals surface area contributed by atoms with Gasteiger partial charge in [-0.1, -0.05) is 52.6 Å². The summed E-state index contributed by atoms with van der Waals surface area (Å²) in [5, 5.41) is 0. The summed E-state index contributed by atoms with van der Waals surface area (Å²) in [6.45, 7) is 3.75. The average Bonchev–Trinajstić information content (AvgIpc) is 2.84. The second-order valence-corrected chi connectivity index (χ2v) is 9.03. The minimum Gasteiger partial charge on any atom is -0.293 e. The Labute approximate surface area is 144 Å². The van der Waals surface area contributed by atoms with Gasteiger partial charge in [0.15, 0.2) is 0 Å². The molecule has 5 nitrogen and oxygen atoms in total. The first-order valence-corrected chi connectivity index (χ1v) is 10.1. The third kappa shape index (κ3) is 2.93. The molecule has 0 heterocycles. The van der Waals surface area contributed by atoms with Crippen LogP contribution in [0.5, 0.6) is 0 Å². The molecule has 0 aliphatic heterocycles. The summed E-state index contributed by atoms with van der Waals surface area (Å²) in [4.78, 5) is 0.0204. The molecule has 0 fully saturated rings. The lowest BCUT2D eigenvalue weighted by atomic mass is 10.0. The average molecular weight is 365 g/mol. The van der Waals surface area contributed by atoms with E-state index in [1.807, 2.05) is 38.1 Å². The molecule has 2 aromatic carbocycles. The highest BCUT2D eigenvalue weighted by Gasteiger charge is 2.43. The van der Waals surface area contributed by atoms with Crippen molar-refractivity contribution in [1.29, 1.82) is 0 Å². The van der Waals surface area contributed by atoms with Crippen molar-refractivity contribution in [1.82, 2.24) is 3.71 Å². The number of hydrogen-bond acceptors (Lipinski definition) is 3. The molecule has 1 N–H and O–H groups in total. The molecule has 128 valence electrons. The first-order valence-electron chi connectivity index (χ1n) is 7.62.